The first-order valence-corrected chi connectivity index (χ1v) is 15.4. The van der Waals surface area contributed by atoms with Crippen LogP contribution in [0.25, 0.3) is 4.85 Å². The van der Waals surface area contributed by atoms with E-state index in [9.17, 15) is 22.2 Å². The summed E-state index contributed by atoms with van der Waals surface area (Å²) >= 11 is 5.97. The zero-order chi connectivity index (χ0) is 30.7. The molecule has 1 fully saturated rings. The molecule has 1 unspecified atom stereocenters. The Kier molecular flexibility index (Phi) is 9.08. The van der Waals surface area contributed by atoms with Crippen molar-refractivity contribution in [3.05, 3.63) is 87.4 Å². The van der Waals surface area contributed by atoms with Crippen molar-refractivity contribution in [1.29, 1.82) is 0 Å². The molecule has 0 saturated carbocycles. The van der Waals surface area contributed by atoms with Gasteiger partial charge in [-0.2, -0.15) is 13.2 Å². The predicted octanol–water partition coefficient (Wildman–Crippen LogP) is 5.20. The predicted molar refractivity (Wildman–Crippen MR) is 156 cm³/mol. The topological polar surface area (TPSA) is 83.2 Å². The highest BCUT2D eigenvalue weighted by Crippen LogP contribution is 2.42. The lowest BCUT2D eigenvalue weighted by molar-refractivity contribution is -0.137. The van der Waals surface area contributed by atoms with Crippen molar-refractivity contribution >= 4 is 40.0 Å². The summed E-state index contributed by atoms with van der Waals surface area (Å²) in [5.74, 6) is 0.518. The number of halogens is 4. The second-order valence-corrected chi connectivity index (χ2v) is 11.9. The smallest absolute Gasteiger partial charge is 0.419 e. The third-order valence-corrected chi connectivity index (χ3v) is 8.43. The van der Waals surface area contributed by atoms with Gasteiger partial charge in [-0.1, -0.05) is 48.0 Å². The molecule has 9 nitrogen and oxygen atoms in total. The minimum absolute atomic E-state index is 0.0374. The summed E-state index contributed by atoms with van der Waals surface area (Å²) in [6.45, 7) is 8.81. The third kappa shape index (κ3) is 6.70. The summed E-state index contributed by atoms with van der Waals surface area (Å²) in [5, 5.41) is -0.329. The number of nitrogens with zero attached hydrogens (tertiary/aromatic N) is 6. The number of rotatable bonds is 6. The Labute approximate surface area is 254 Å². The molecule has 2 aliphatic rings. The van der Waals surface area contributed by atoms with Crippen LogP contribution in [-0.4, -0.2) is 70.2 Å². The molecule has 0 N–H and O–H groups in total. The first-order chi connectivity index (χ1) is 20.6. The van der Waals surface area contributed by atoms with Gasteiger partial charge in [0.1, 0.15) is 18.5 Å². The van der Waals surface area contributed by atoms with Crippen molar-refractivity contribution in [3.8, 4) is 0 Å². The fourth-order valence-corrected chi connectivity index (χ4v) is 6.12. The van der Waals surface area contributed by atoms with E-state index in [2.05, 4.69) is 14.8 Å². The van der Waals surface area contributed by atoms with Crippen LogP contribution in [-0.2, 0) is 41.3 Å². The van der Waals surface area contributed by atoms with Gasteiger partial charge < -0.3 is 19.4 Å². The first kappa shape index (κ1) is 30.6. The molecule has 226 valence electrons. The van der Waals surface area contributed by atoms with Crippen LogP contribution in [0.2, 0.25) is 5.02 Å². The lowest BCUT2D eigenvalue weighted by Gasteiger charge is -2.41. The zero-order valence-corrected chi connectivity index (χ0v) is 24.8. The zero-order valence-electron chi connectivity index (χ0n) is 23.2. The number of carbonyl (C=O) groups is 1. The van der Waals surface area contributed by atoms with E-state index >= 15 is 0 Å². The summed E-state index contributed by atoms with van der Waals surface area (Å²) in [6, 6.07) is 12.9. The van der Waals surface area contributed by atoms with E-state index in [1.165, 1.54) is 24.5 Å². The van der Waals surface area contributed by atoms with Crippen LogP contribution in [0, 0.1) is 6.57 Å². The summed E-state index contributed by atoms with van der Waals surface area (Å²) in [5.41, 5.74) is 1.09. The van der Waals surface area contributed by atoms with E-state index in [1.54, 1.807) is 9.80 Å². The van der Waals surface area contributed by atoms with Crippen molar-refractivity contribution in [2.75, 3.05) is 48.8 Å². The number of amides is 1. The van der Waals surface area contributed by atoms with Crippen LogP contribution in [0.15, 0.2) is 53.7 Å². The van der Waals surface area contributed by atoms with Crippen LogP contribution < -0.4 is 9.80 Å². The minimum Gasteiger partial charge on any atom is -0.445 e. The Bertz CT molecular complexity index is 1570. The summed E-state index contributed by atoms with van der Waals surface area (Å²) in [6.07, 6.45) is -3.40. The Morgan fingerprint density at radius 1 is 1.12 bits per heavy atom. The van der Waals surface area contributed by atoms with Crippen molar-refractivity contribution in [2.24, 2.45) is 0 Å². The largest absolute Gasteiger partial charge is 0.445 e. The molecule has 2 atom stereocenters. The fourth-order valence-electron chi connectivity index (χ4n) is 5.39. The van der Waals surface area contributed by atoms with E-state index in [0.717, 1.165) is 11.1 Å². The molecule has 43 heavy (non-hydrogen) atoms. The number of piperazine rings is 1. The van der Waals surface area contributed by atoms with E-state index in [-0.39, 0.29) is 55.2 Å². The maximum absolute atomic E-state index is 13.9. The maximum atomic E-state index is 13.9. The van der Waals surface area contributed by atoms with Gasteiger partial charge in [0.05, 0.1) is 39.3 Å². The number of alkyl halides is 3. The van der Waals surface area contributed by atoms with Crippen LogP contribution in [0.3, 0.4) is 0 Å². The average Bonchev–Trinajstić information content (AvgIpc) is 2.99. The maximum Gasteiger partial charge on any atom is 0.419 e. The van der Waals surface area contributed by atoms with Gasteiger partial charge in [-0.05, 0) is 24.1 Å². The Balaban J connectivity index is 1.40. The lowest BCUT2D eigenvalue weighted by atomic mass is 10.0. The van der Waals surface area contributed by atoms with E-state index in [4.69, 9.17) is 22.9 Å². The number of hydrogen-bond donors (Lipinski definition) is 0. The van der Waals surface area contributed by atoms with Crippen molar-refractivity contribution < 1.29 is 26.9 Å². The van der Waals surface area contributed by atoms with Gasteiger partial charge in [-0.25, -0.2) is 21.3 Å². The van der Waals surface area contributed by atoms with Gasteiger partial charge in [-0.15, -0.1) is 0 Å². The molecule has 1 amide bonds. The molecule has 14 heteroatoms. The molecular formula is C29H28ClF3N6O3S. The van der Waals surface area contributed by atoms with Crippen LogP contribution in [0.1, 0.15) is 22.4 Å². The van der Waals surface area contributed by atoms with Gasteiger partial charge in [0, 0.05) is 38.0 Å². The molecule has 2 aromatic carbocycles. The quantitative estimate of drug-likeness (QED) is 0.273. The Hall–Kier alpha value is -3.89. The number of benzene rings is 2. The highest BCUT2D eigenvalue weighted by atomic mass is 35.5. The number of hydrogen-bond acceptors (Lipinski definition) is 7. The fraction of sp³-hybridized carbons (Fsp3) is 0.379. The van der Waals surface area contributed by atoms with Gasteiger partial charge in [0.15, 0.2) is 0 Å². The molecule has 5 rings (SSSR count). The highest BCUT2D eigenvalue weighted by molar-refractivity contribution is 7.84. The molecule has 0 spiro atoms. The molecule has 1 saturated heterocycles. The first-order valence-electron chi connectivity index (χ1n) is 13.5. The third-order valence-electron chi connectivity index (χ3n) is 7.42. The number of ether oxygens (including phenoxy) is 1. The molecule has 1 aromatic heterocycles. The standard InChI is InChI=1S/C29H28ClF3N6O3S/c1-34-15-20-16-38(13-14-39(20)28(40)42-18-19-7-4-3-5-8-19)26-21-11-12-37(17-23(21)35-27(36-26)43(2)41)24-10-6-9-22(30)25(24)29(31,32)33/h3-10,20H,11-18H2,2H3/t20-,43?/m0/s1. The van der Waals surface area contributed by atoms with Gasteiger partial charge in [0.2, 0.25) is 11.7 Å². The van der Waals surface area contributed by atoms with Crippen molar-refractivity contribution in [2.45, 2.75) is 36.9 Å². The van der Waals surface area contributed by atoms with Crippen LogP contribution in [0.4, 0.5) is 29.5 Å². The number of aromatic nitrogens is 2. The second-order valence-electron chi connectivity index (χ2n) is 10.2. The molecular weight excluding hydrogens is 605 g/mol. The monoisotopic (exact) mass is 632 g/mol. The second kappa shape index (κ2) is 12.8. The Morgan fingerprint density at radius 3 is 2.58 bits per heavy atom. The molecule has 0 bridgehead atoms. The lowest BCUT2D eigenvalue weighted by Crippen LogP contribution is -2.57. The van der Waals surface area contributed by atoms with Gasteiger partial charge in [0.25, 0.3) is 0 Å². The van der Waals surface area contributed by atoms with Crippen molar-refractivity contribution in [1.82, 2.24) is 14.9 Å². The van der Waals surface area contributed by atoms with Gasteiger partial charge in [-0.3, -0.25) is 9.11 Å². The molecule has 0 radical (unpaired) electrons. The number of fused-ring (bicyclic) bond motifs is 1. The molecule has 3 aromatic rings. The van der Waals surface area contributed by atoms with Crippen molar-refractivity contribution in [3.63, 3.8) is 0 Å². The van der Waals surface area contributed by atoms with Gasteiger partial charge >= 0.3 is 12.3 Å². The van der Waals surface area contributed by atoms with Crippen LogP contribution in [0.5, 0.6) is 0 Å². The normalized spacial score (nSPS) is 17.7. The van der Waals surface area contributed by atoms with Crippen LogP contribution >= 0.6 is 11.6 Å². The summed E-state index contributed by atoms with van der Waals surface area (Å²) < 4.78 is 59.8. The van der Waals surface area contributed by atoms with E-state index in [0.29, 0.717) is 24.5 Å². The SMILES string of the molecule is [C-]#[N+]C[C@H]1CN(c2nc(S(C)=O)nc3c2CCN(c2cccc(Cl)c2C(F)(F)F)C3)CCN1C(=O)OCc1ccccc1. The minimum atomic E-state index is -4.65. The summed E-state index contributed by atoms with van der Waals surface area (Å²) in [4.78, 5) is 30.7. The number of anilines is 2. The van der Waals surface area contributed by atoms with E-state index in [1.807, 2.05) is 35.2 Å². The molecule has 3 heterocycles. The molecule has 2 aliphatic heterocycles. The summed E-state index contributed by atoms with van der Waals surface area (Å²) in [7, 11) is -1.57. The highest BCUT2D eigenvalue weighted by Gasteiger charge is 2.39. The van der Waals surface area contributed by atoms with E-state index < -0.39 is 34.7 Å². The Morgan fingerprint density at radius 2 is 1.88 bits per heavy atom. The average molecular weight is 633 g/mol. The molecule has 0 aliphatic carbocycles. The number of carbonyl (C=O) groups excluding carboxylic acids is 1.